The Morgan fingerprint density at radius 1 is 1.24 bits per heavy atom. The van der Waals surface area contributed by atoms with E-state index in [1.165, 1.54) is 14.2 Å². The fourth-order valence-corrected chi connectivity index (χ4v) is 3.00. The van der Waals surface area contributed by atoms with Crippen molar-refractivity contribution < 1.29 is 23.9 Å². The average molecular weight is 345 g/mol. The maximum Gasteiger partial charge on any atom is 0.407 e. The van der Waals surface area contributed by atoms with Crippen LogP contribution in [0, 0.1) is 0 Å². The number of aromatic amines is 1. The summed E-state index contributed by atoms with van der Waals surface area (Å²) in [5.41, 5.74) is 3.42. The number of amides is 2. The van der Waals surface area contributed by atoms with Crippen LogP contribution in [0.3, 0.4) is 0 Å². The highest BCUT2D eigenvalue weighted by molar-refractivity contribution is 5.96. The second kappa shape index (κ2) is 6.84. The van der Waals surface area contributed by atoms with Crippen molar-refractivity contribution in [2.75, 3.05) is 27.3 Å². The minimum absolute atomic E-state index is 0.113. The summed E-state index contributed by atoms with van der Waals surface area (Å²) >= 11 is 0. The number of carbonyl (C=O) groups excluding carboxylic acids is 3. The first-order valence-corrected chi connectivity index (χ1v) is 7.85. The molecule has 0 bridgehead atoms. The predicted molar refractivity (Wildman–Crippen MR) is 89.2 cm³/mol. The lowest BCUT2D eigenvalue weighted by Crippen LogP contribution is -2.42. The summed E-state index contributed by atoms with van der Waals surface area (Å²) in [5.74, 6) is -0.586. The van der Waals surface area contributed by atoms with Crippen molar-refractivity contribution in [1.82, 2.24) is 15.2 Å². The molecule has 0 radical (unpaired) electrons. The Hall–Kier alpha value is -3.03. The van der Waals surface area contributed by atoms with E-state index in [0.29, 0.717) is 25.1 Å². The van der Waals surface area contributed by atoms with Crippen molar-refractivity contribution in [3.63, 3.8) is 0 Å². The van der Waals surface area contributed by atoms with E-state index in [4.69, 9.17) is 4.74 Å². The molecule has 1 aliphatic rings. The fraction of sp³-hybridized carbons (Fsp3) is 0.353. The van der Waals surface area contributed by atoms with Gasteiger partial charge in [0.15, 0.2) is 0 Å². The molecule has 1 aliphatic heterocycles. The van der Waals surface area contributed by atoms with Gasteiger partial charge in [0, 0.05) is 41.7 Å². The number of benzene rings is 1. The van der Waals surface area contributed by atoms with Gasteiger partial charge in [0.25, 0.3) is 0 Å². The Balaban J connectivity index is 1.82. The van der Waals surface area contributed by atoms with Crippen LogP contribution in [0.1, 0.15) is 21.6 Å². The maximum absolute atomic E-state index is 12.3. The van der Waals surface area contributed by atoms with Gasteiger partial charge < -0.3 is 24.7 Å². The number of methoxy groups -OCH3 is 2. The SMILES string of the molecule is COC(=O)NCC(=O)N1CCc2[nH]c3ccc(C(=O)OC)cc3c2C1. The number of aromatic nitrogens is 1. The summed E-state index contributed by atoms with van der Waals surface area (Å²) in [5, 5.41) is 3.29. The zero-order valence-corrected chi connectivity index (χ0v) is 14.0. The number of hydrogen-bond acceptors (Lipinski definition) is 5. The van der Waals surface area contributed by atoms with Gasteiger partial charge in [0.2, 0.25) is 5.91 Å². The topological polar surface area (TPSA) is 101 Å². The summed E-state index contributed by atoms with van der Waals surface area (Å²) in [7, 11) is 2.59. The minimum atomic E-state index is -0.638. The van der Waals surface area contributed by atoms with Gasteiger partial charge in [-0.05, 0) is 18.2 Å². The first-order chi connectivity index (χ1) is 12.0. The number of fused-ring (bicyclic) bond motifs is 3. The van der Waals surface area contributed by atoms with E-state index < -0.39 is 12.1 Å². The molecule has 8 heteroatoms. The highest BCUT2D eigenvalue weighted by Crippen LogP contribution is 2.28. The van der Waals surface area contributed by atoms with Gasteiger partial charge in [-0.3, -0.25) is 4.79 Å². The number of ether oxygens (including phenoxy) is 2. The van der Waals surface area contributed by atoms with Crippen LogP contribution in [-0.2, 0) is 27.2 Å². The molecule has 0 unspecified atom stereocenters. The molecule has 2 N–H and O–H groups in total. The predicted octanol–water partition coefficient (Wildman–Crippen LogP) is 1.20. The number of alkyl carbamates (subject to hydrolysis) is 1. The molecule has 25 heavy (non-hydrogen) atoms. The van der Waals surface area contributed by atoms with Gasteiger partial charge in [0.1, 0.15) is 6.54 Å². The summed E-state index contributed by atoms with van der Waals surface area (Å²) in [6, 6.07) is 5.32. The van der Waals surface area contributed by atoms with E-state index in [0.717, 1.165) is 22.2 Å². The summed E-state index contributed by atoms with van der Waals surface area (Å²) in [6.07, 6.45) is 0.0440. The minimum Gasteiger partial charge on any atom is -0.465 e. The molecule has 0 atom stereocenters. The maximum atomic E-state index is 12.3. The van der Waals surface area contributed by atoms with Crippen LogP contribution < -0.4 is 5.32 Å². The largest absolute Gasteiger partial charge is 0.465 e. The molecule has 3 rings (SSSR count). The first kappa shape index (κ1) is 16.8. The average Bonchev–Trinajstić information content (AvgIpc) is 3.01. The molecule has 1 aromatic carbocycles. The second-order valence-electron chi connectivity index (χ2n) is 5.74. The third-order valence-corrected chi connectivity index (χ3v) is 4.32. The van der Waals surface area contributed by atoms with Gasteiger partial charge in [-0.2, -0.15) is 0 Å². The van der Waals surface area contributed by atoms with Crippen molar-refractivity contribution in [3.05, 3.63) is 35.0 Å². The Morgan fingerprint density at radius 2 is 2.04 bits per heavy atom. The highest BCUT2D eigenvalue weighted by Gasteiger charge is 2.24. The van der Waals surface area contributed by atoms with E-state index in [-0.39, 0.29) is 12.5 Å². The van der Waals surface area contributed by atoms with Gasteiger partial charge in [0.05, 0.1) is 19.8 Å². The van der Waals surface area contributed by atoms with Crippen molar-refractivity contribution in [1.29, 1.82) is 0 Å². The van der Waals surface area contributed by atoms with E-state index in [1.807, 2.05) is 6.07 Å². The van der Waals surface area contributed by atoms with Gasteiger partial charge in [-0.1, -0.05) is 0 Å². The second-order valence-corrected chi connectivity index (χ2v) is 5.74. The molecule has 0 spiro atoms. The molecule has 0 aliphatic carbocycles. The van der Waals surface area contributed by atoms with Gasteiger partial charge >= 0.3 is 12.1 Å². The number of H-pyrrole nitrogens is 1. The Labute approximate surface area is 144 Å². The number of nitrogens with one attached hydrogen (secondary N) is 2. The molecular weight excluding hydrogens is 326 g/mol. The molecule has 1 aromatic heterocycles. The molecule has 0 fully saturated rings. The van der Waals surface area contributed by atoms with E-state index in [9.17, 15) is 14.4 Å². The monoisotopic (exact) mass is 345 g/mol. The first-order valence-electron chi connectivity index (χ1n) is 7.85. The number of esters is 1. The van der Waals surface area contributed by atoms with Crippen molar-refractivity contribution in [2.45, 2.75) is 13.0 Å². The molecule has 132 valence electrons. The third-order valence-electron chi connectivity index (χ3n) is 4.32. The van der Waals surface area contributed by atoms with Crippen LogP contribution in [0.2, 0.25) is 0 Å². The number of hydrogen-bond donors (Lipinski definition) is 2. The van der Waals surface area contributed by atoms with E-state index >= 15 is 0 Å². The van der Waals surface area contributed by atoms with E-state index in [1.54, 1.807) is 17.0 Å². The van der Waals surface area contributed by atoms with Crippen molar-refractivity contribution >= 4 is 28.9 Å². The van der Waals surface area contributed by atoms with Gasteiger partial charge in [-0.25, -0.2) is 9.59 Å². The molecule has 0 saturated carbocycles. The lowest BCUT2D eigenvalue weighted by atomic mass is 10.0. The van der Waals surface area contributed by atoms with E-state index in [2.05, 4.69) is 15.0 Å². The highest BCUT2D eigenvalue weighted by atomic mass is 16.5. The molecule has 8 nitrogen and oxygen atoms in total. The number of rotatable bonds is 3. The molecular formula is C17H19N3O5. The summed E-state index contributed by atoms with van der Waals surface area (Å²) < 4.78 is 9.23. The number of nitrogens with zero attached hydrogens (tertiary/aromatic N) is 1. The van der Waals surface area contributed by atoms with Crippen molar-refractivity contribution in [3.8, 4) is 0 Å². The lowest BCUT2D eigenvalue weighted by molar-refractivity contribution is -0.131. The van der Waals surface area contributed by atoms with Gasteiger partial charge in [-0.15, -0.1) is 0 Å². The van der Waals surface area contributed by atoms with Crippen LogP contribution in [0.25, 0.3) is 10.9 Å². The molecule has 0 saturated heterocycles. The summed E-state index contributed by atoms with van der Waals surface area (Å²) in [6.45, 7) is 0.866. The Morgan fingerprint density at radius 3 is 2.76 bits per heavy atom. The molecule has 2 aromatic rings. The molecule has 2 heterocycles. The number of carbonyl (C=O) groups is 3. The zero-order chi connectivity index (χ0) is 18.0. The van der Waals surface area contributed by atoms with Crippen LogP contribution >= 0.6 is 0 Å². The van der Waals surface area contributed by atoms with Crippen LogP contribution in [0.15, 0.2) is 18.2 Å². The van der Waals surface area contributed by atoms with Crippen LogP contribution in [0.4, 0.5) is 4.79 Å². The molecule has 2 amide bonds. The summed E-state index contributed by atoms with van der Waals surface area (Å²) in [4.78, 5) is 40.2. The smallest absolute Gasteiger partial charge is 0.407 e. The Bertz CT molecular complexity index is 842. The van der Waals surface area contributed by atoms with Crippen LogP contribution in [0.5, 0.6) is 0 Å². The Kier molecular flexibility index (Phi) is 4.60. The standard InChI is InChI=1S/C17H19N3O5/c1-24-16(22)10-3-4-13-11(7-10)12-9-20(6-5-14(12)19-13)15(21)8-18-17(23)25-2/h3-4,7,19H,5-6,8-9H2,1-2H3,(H,18,23). The normalized spacial score (nSPS) is 13.3. The quantitative estimate of drug-likeness (QED) is 0.814. The zero-order valence-electron chi connectivity index (χ0n) is 14.0. The lowest BCUT2D eigenvalue weighted by Gasteiger charge is -2.27. The van der Waals surface area contributed by atoms with Crippen molar-refractivity contribution in [2.24, 2.45) is 0 Å². The fourth-order valence-electron chi connectivity index (χ4n) is 3.00. The van der Waals surface area contributed by atoms with Crippen LogP contribution in [-0.4, -0.2) is 55.2 Å². The third kappa shape index (κ3) is 3.28.